The molecule has 1 aromatic carbocycles. The summed E-state index contributed by atoms with van der Waals surface area (Å²) >= 11 is 1.58. The molecule has 0 aliphatic carbocycles. The van der Waals surface area contributed by atoms with Crippen LogP contribution in [0.25, 0.3) is 0 Å². The number of hydrogen-bond donors (Lipinski definition) is 2. The minimum absolute atomic E-state index is 0.0895. The lowest BCUT2D eigenvalue weighted by Gasteiger charge is -2.20. The van der Waals surface area contributed by atoms with Crippen molar-refractivity contribution >= 4 is 17.4 Å². The topological polar surface area (TPSA) is 63.2 Å². The van der Waals surface area contributed by atoms with Crippen LogP contribution in [0, 0.1) is 6.92 Å². The SMILES string of the molecule is CC[C@@H](NC(=O)NCc1csc(C)n1)c1ccccc1OC. The van der Waals surface area contributed by atoms with Gasteiger partial charge in [0, 0.05) is 10.9 Å². The van der Waals surface area contributed by atoms with Gasteiger partial charge in [-0.25, -0.2) is 9.78 Å². The molecule has 22 heavy (non-hydrogen) atoms. The predicted molar refractivity (Wildman–Crippen MR) is 88.2 cm³/mol. The number of ether oxygens (including phenoxy) is 1. The largest absolute Gasteiger partial charge is 0.496 e. The number of carbonyl (C=O) groups excluding carboxylic acids is 1. The van der Waals surface area contributed by atoms with Gasteiger partial charge in [0.25, 0.3) is 0 Å². The second-order valence-corrected chi connectivity index (χ2v) is 5.95. The number of aromatic nitrogens is 1. The number of carbonyl (C=O) groups is 1. The Hall–Kier alpha value is -2.08. The molecule has 2 N–H and O–H groups in total. The average molecular weight is 319 g/mol. The molecular weight excluding hydrogens is 298 g/mol. The number of hydrogen-bond acceptors (Lipinski definition) is 4. The summed E-state index contributed by atoms with van der Waals surface area (Å²) in [7, 11) is 1.64. The summed E-state index contributed by atoms with van der Waals surface area (Å²) in [4.78, 5) is 16.4. The predicted octanol–water partition coefficient (Wildman–Crippen LogP) is 3.41. The number of para-hydroxylation sites is 1. The van der Waals surface area contributed by atoms with Gasteiger partial charge in [0.05, 0.1) is 30.4 Å². The number of nitrogens with zero attached hydrogens (tertiary/aromatic N) is 1. The molecule has 0 saturated carbocycles. The summed E-state index contributed by atoms with van der Waals surface area (Å²) in [5.41, 5.74) is 1.86. The first-order chi connectivity index (χ1) is 10.6. The van der Waals surface area contributed by atoms with Crippen molar-refractivity contribution in [3.05, 3.63) is 45.9 Å². The van der Waals surface area contributed by atoms with Crippen LogP contribution in [0.4, 0.5) is 4.79 Å². The minimum atomic E-state index is -0.205. The van der Waals surface area contributed by atoms with Crippen molar-refractivity contribution in [2.75, 3.05) is 7.11 Å². The summed E-state index contributed by atoms with van der Waals surface area (Å²) in [6.45, 7) is 4.41. The van der Waals surface area contributed by atoms with Crippen LogP contribution >= 0.6 is 11.3 Å². The fraction of sp³-hybridized carbons (Fsp3) is 0.375. The zero-order valence-corrected chi connectivity index (χ0v) is 13.9. The molecule has 0 aliphatic rings. The van der Waals surface area contributed by atoms with E-state index < -0.39 is 0 Å². The summed E-state index contributed by atoms with van der Waals surface area (Å²) < 4.78 is 5.36. The normalized spacial score (nSPS) is 11.8. The third-order valence-corrected chi connectivity index (χ3v) is 4.15. The molecule has 118 valence electrons. The van der Waals surface area contributed by atoms with Crippen LogP contribution in [0.1, 0.15) is 35.7 Å². The first kappa shape index (κ1) is 16.3. The highest BCUT2D eigenvalue weighted by Gasteiger charge is 2.16. The maximum absolute atomic E-state index is 12.1. The molecule has 6 heteroatoms. The van der Waals surface area contributed by atoms with E-state index in [1.165, 1.54) is 0 Å². The Labute approximate surface area is 134 Å². The fourth-order valence-electron chi connectivity index (χ4n) is 2.22. The monoisotopic (exact) mass is 319 g/mol. The zero-order chi connectivity index (χ0) is 15.9. The van der Waals surface area contributed by atoms with Crippen molar-refractivity contribution < 1.29 is 9.53 Å². The Morgan fingerprint density at radius 3 is 2.82 bits per heavy atom. The van der Waals surface area contributed by atoms with Crippen molar-refractivity contribution in [2.45, 2.75) is 32.9 Å². The Morgan fingerprint density at radius 1 is 1.41 bits per heavy atom. The quantitative estimate of drug-likeness (QED) is 0.857. The van der Waals surface area contributed by atoms with E-state index in [0.29, 0.717) is 6.54 Å². The molecule has 0 radical (unpaired) electrons. The lowest BCUT2D eigenvalue weighted by Crippen LogP contribution is -2.37. The van der Waals surface area contributed by atoms with Gasteiger partial charge >= 0.3 is 6.03 Å². The molecule has 1 atom stereocenters. The number of benzene rings is 1. The molecular formula is C16H21N3O2S. The molecule has 2 amide bonds. The van der Waals surface area contributed by atoms with Crippen LogP contribution < -0.4 is 15.4 Å². The third-order valence-electron chi connectivity index (χ3n) is 3.32. The molecule has 2 rings (SSSR count). The molecule has 0 aliphatic heterocycles. The third kappa shape index (κ3) is 4.21. The Balaban J connectivity index is 1.96. The van der Waals surface area contributed by atoms with Crippen LogP contribution in [0.3, 0.4) is 0 Å². The smallest absolute Gasteiger partial charge is 0.315 e. The highest BCUT2D eigenvalue weighted by molar-refractivity contribution is 7.09. The number of rotatable bonds is 6. The lowest BCUT2D eigenvalue weighted by molar-refractivity contribution is 0.236. The average Bonchev–Trinajstić information content (AvgIpc) is 2.96. The van der Waals surface area contributed by atoms with Crippen LogP contribution in [-0.4, -0.2) is 18.1 Å². The van der Waals surface area contributed by atoms with Crippen LogP contribution in [0.2, 0.25) is 0 Å². The van der Waals surface area contributed by atoms with Gasteiger partial charge in [-0.2, -0.15) is 0 Å². The zero-order valence-electron chi connectivity index (χ0n) is 13.1. The van der Waals surface area contributed by atoms with E-state index in [9.17, 15) is 4.79 Å². The summed E-state index contributed by atoms with van der Waals surface area (Å²) in [5.74, 6) is 0.782. The highest BCUT2D eigenvalue weighted by atomic mass is 32.1. The first-order valence-electron chi connectivity index (χ1n) is 7.22. The summed E-state index contributed by atoms with van der Waals surface area (Å²) in [6, 6.07) is 7.43. The van der Waals surface area contributed by atoms with E-state index in [1.807, 2.05) is 43.5 Å². The Bertz CT molecular complexity index is 627. The van der Waals surface area contributed by atoms with Crippen molar-refractivity contribution in [3.8, 4) is 5.75 Å². The number of thiazole rings is 1. The van der Waals surface area contributed by atoms with Crippen molar-refractivity contribution in [2.24, 2.45) is 0 Å². The number of amides is 2. The summed E-state index contributed by atoms with van der Waals surface area (Å²) in [5, 5.41) is 8.77. The van der Waals surface area contributed by atoms with Crippen molar-refractivity contribution in [1.29, 1.82) is 0 Å². The minimum Gasteiger partial charge on any atom is -0.496 e. The standard InChI is InChI=1S/C16H21N3O2S/c1-4-14(13-7-5-6-8-15(13)21-3)19-16(20)17-9-12-10-22-11(2)18-12/h5-8,10,14H,4,9H2,1-3H3,(H2,17,19,20)/t14-/m1/s1. The maximum atomic E-state index is 12.1. The van der Waals surface area contributed by atoms with Gasteiger partial charge in [0.1, 0.15) is 5.75 Å². The Kier molecular flexibility index (Phi) is 5.77. The molecule has 1 heterocycles. The first-order valence-corrected chi connectivity index (χ1v) is 8.10. The van der Waals surface area contributed by atoms with E-state index >= 15 is 0 Å². The molecule has 0 fully saturated rings. The lowest BCUT2D eigenvalue weighted by atomic mass is 10.0. The molecule has 0 saturated heterocycles. The number of urea groups is 1. The number of nitrogens with one attached hydrogen (secondary N) is 2. The van der Waals surface area contributed by atoms with E-state index in [1.54, 1.807) is 18.4 Å². The molecule has 0 bridgehead atoms. The molecule has 1 aromatic heterocycles. The second-order valence-electron chi connectivity index (χ2n) is 4.89. The molecule has 0 spiro atoms. The van der Waals surface area contributed by atoms with Gasteiger partial charge < -0.3 is 15.4 Å². The van der Waals surface area contributed by atoms with Gasteiger partial charge in [-0.05, 0) is 19.4 Å². The van der Waals surface area contributed by atoms with Crippen molar-refractivity contribution in [1.82, 2.24) is 15.6 Å². The van der Waals surface area contributed by atoms with Crippen LogP contribution in [0.5, 0.6) is 5.75 Å². The van der Waals surface area contributed by atoms with Gasteiger partial charge in [-0.1, -0.05) is 25.1 Å². The van der Waals surface area contributed by atoms with E-state index in [0.717, 1.165) is 28.4 Å². The fourth-order valence-corrected chi connectivity index (χ4v) is 2.84. The van der Waals surface area contributed by atoms with Gasteiger partial charge in [0.2, 0.25) is 0 Å². The van der Waals surface area contributed by atoms with E-state index in [2.05, 4.69) is 15.6 Å². The van der Waals surface area contributed by atoms with Crippen molar-refractivity contribution in [3.63, 3.8) is 0 Å². The maximum Gasteiger partial charge on any atom is 0.315 e. The van der Waals surface area contributed by atoms with Gasteiger partial charge in [0.15, 0.2) is 0 Å². The number of methoxy groups -OCH3 is 1. The van der Waals surface area contributed by atoms with Crippen LogP contribution in [0.15, 0.2) is 29.6 Å². The molecule has 5 nitrogen and oxygen atoms in total. The molecule has 2 aromatic rings. The highest BCUT2D eigenvalue weighted by Crippen LogP contribution is 2.26. The van der Waals surface area contributed by atoms with E-state index in [-0.39, 0.29) is 12.1 Å². The van der Waals surface area contributed by atoms with Crippen LogP contribution in [-0.2, 0) is 6.54 Å². The number of aryl methyl sites for hydroxylation is 1. The van der Waals surface area contributed by atoms with Gasteiger partial charge in [-0.3, -0.25) is 0 Å². The van der Waals surface area contributed by atoms with E-state index in [4.69, 9.17) is 4.74 Å². The summed E-state index contributed by atoms with van der Waals surface area (Å²) in [6.07, 6.45) is 0.781. The van der Waals surface area contributed by atoms with Gasteiger partial charge in [-0.15, -0.1) is 11.3 Å². The second kappa shape index (κ2) is 7.79. The molecule has 0 unspecified atom stereocenters. The Morgan fingerprint density at radius 2 is 2.18 bits per heavy atom.